The second-order valence-corrected chi connectivity index (χ2v) is 15.1. The van der Waals surface area contributed by atoms with Gasteiger partial charge in [-0.25, -0.2) is 0 Å². The summed E-state index contributed by atoms with van der Waals surface area (Å²) in [5.74, 6) is -0.725. The van der Waals surface area contributed by atoms with Crippen molar-refractivity contribution in [2.75, 3.05) is 77.1 Å². The molecule has 4 aliphatic rings. The van der Waals surface area contributed by atoms with Gasteiger partial charge >= 0.3 is 0 Å². The van der Waals surface area contributed by atoms with Crippen LogP contribution in [0.5, 0.6) is 5.75 Å². The zero-order valence-electron chi connectivity index (χ0n) is 28.1. The maximum Gasteiger partial charge on any atom is 0.247 e. The van der Waals surface area contributed by atoms with E-state index in [0.717, 1.165) is 43.9 Å². The summed E-state index contributed by atoms with van der Waals surface area (Å²) >= 11 is 1.70. The van der Waals surface area contributed by atoms with Crippen LogP contribution in [0.1, 0.15) is 46.0 Å². The fourth-order valence-electron chi connectivity index (χ4n) is 8.11. The van der Waals surface area contributed by atoms with Gasteiger partial charge in [0, 0.05) is 62.9 Å². The van der Waals surface area contributed by atoms with Crippen molar-refractivity contribution >= 4 is 35.2 Å². The van der Waals surface area contributed by atoms with Crippen molar-refractivity contribution in [1.82, 2.24) is 14.7 Å². The number of morpholine rings is 1. The number of rotatable bonds is 17. The third-order valence-corrected chi connectivity index (χ3v) is 12.3. The van der Waals surface area contributed by atoms with Gasteiger partial charge in [0.25, 0.3) is 0 Å². The second-order valence-electron chi connectivity index (χ2n) is 13.2. The van der Waals surface area contributed by atoms with Crippen LogP contribution in [-0.2, 0) is 19.1 Å². The van der Waals surface area contributed by atoms with Gasteiger partial charge in [0.2, 0.25) is 17.7 Å². The summed E-state index contributed by atoms with van der Waals surface area (Å²) in [6.45, 7) is 17.9. The van der Waals surface area contributed by atoms with Crippen LogP contribution in [0.2, 0.25) is 0 Å². The zero-order chi connectivity index (χ0) is 33.6. The lowest BCUT2D eigenvalue weighted by molar-refractivity contribution is -0.143. The molecule has 5 rings (SSSR count). The summed E-state index contributed by atoms with van der Waals surface area (Å²) in [6, 6.07) is 6.80. The second kappa shape index (κ2) is 15.6. The number of likely N-dealkylation sites (tertiary alicyclic amines) is 1. The first-order valence-electron chi connectivity index (χ1n) is 17.2. The number of unbranched alkanes of at least 4 members (excludes halogenated alkanes) is 2. The maximum atomic E-state index is 14.8. The Morgan fingerprint density at radius 3 is 2.45 bits per heavy atom. The minimum absolute atomic E-state index is 0.0597. The molecule has 2 bridgehead atoms. The van der Waals surface area contributed by atoms with E-state index in [2.05, 4.69) is 25.0 Å². The van der Waals surface area contributed by atoms with Crippen LogP contribution >= 0.6 is 11.8 Å². The SMILES string of the molecule is C=CCN(CCN1CCOCC1)C(=O)C1N(CCCCCO)C(=O)[C@@H]2[C@@H](C(=O)N(CC=C)c3ccc(OCC)cc3)[C@@]3(C)CCC12S3. The molecule has 1 aromatic rings. The van der Waals surface area contributed by atoms with Gasteiger partial charge in [0.1, 0.15) is 11.8 Å². The Hall–Kier alpha value is -2.86. The Bertz CT molecular complexity index is 1290. The molecule has 4 heterocycles. The van der Waals surface area contributed by atoms with E-state index >= 15 is 0 Å². The molecule has 10 nitrogen and oxygen atoms in total. The van der Waals surface area contributed by atoms with Crippen molar-refractivity contribution in [2.24, 2.45) is 11.8 Å². The fraction of sp³-hybridized carbons (Fsp3) is 0.639. The molecule has 0 radical (unpaired) electrons. The van der Waals surface area contributed by atoms with Crippen LogP contribution in [0.25, 0.3) is 0 Å². The summed E-state index contributed by atoms with van der Waals surface area (Å²) in [4.78, 5) is 51.9. The van der Waals surface area contributed by atoms with Crippen LogP contribution in [0.15, 0.2) is 49.6 Å². The monoisotopic (exact) mass is 668 g/mol. The van der Waals surface area contributed by atoms with Crippen LogP contribution in [0.3, 0.4) is 0 Å². The third kappa shape index (κ3) is 7.00. The van der Waals surface area contributed by atoms with Crippen molar-refractivity contribution < 1.29 is 29.0 Å². The van der Waals surface area contributed by atoms with E-state index < -0.39 is 27.4 Å². The van der Waals surface area contributed by atoms with Gasteiger partial charge in [0.05, 0.1) is 36.4 Å². The number of hydrogen-bond donors (Lipinski definition) is 1. The maximum absolute atomic E-state index is 14.8. The van der Waals surface area contributed by atoms with Crippen molar-refractivity contribution in [3.05, 3.63) is 49.6 Å². The molecule has 11 heteroatoms. The average molecular weight is 669 g/mol. The first-order chi connectivity index (χ1) is 22.7. The zero-order valence-corrected chi connectivity index (χ0v) is 28.9. The lowest BCUT2D eigenvalue weighted by atomic mass is 9.66. The highest BCUT2D eigenvalue weighted by Crippen LogP contribution is 2.71. The smallest absolute Gasteiger partial charge is 0.247 e. The van der Waals surface area contributed by atoms with E-state index in [1.54, 1.807) is 33.7 Å². The molecular formula is C36H52N4O6S. The van der Waals surface area contributed by atoms with Crippen molar-refractivity contribution in [2.45, 2.75) is 61.5 Å². The molecular weight excluding hydrogens is 616 g/mol. The van der Waals surface area contributed by atoms with E-state index in [9.17, 15) is 19.5 Å². The highest BCUT2D eigenvalue weighted by atomic mass is 32.2. The van der Waals surface area contributed by atoms with Gasteiger partial charge < -0.3 is 29.3 Å². The predicted molar refractivity (Wildman–Crippen MR) is 186 cm³/mol. The number of ether oxygens (including phenoxy) is 2. The number of nitrogens with zero attached hydrogens (tertiary/aromatic N) is 4. The minimum Gasteiger partial charge on any atom is -0.494 e. The van der Waals surface area contributed by atoms with Crippen LogP contribution in [-0.4, -0.2) is 125 Å². The highest BCUT2D eigenvalue weighted by Gasteiger charge is 2.77. The lowest BCUT2D eigenvalue weighted by Crippen LogP contribution is -2.56. The molecule has 0 aromatic heterocycles. The molecule has 4 aliphatic heterocycles. The van der Waals surface area contributed by atoms with E-state index in [1.807, 2.05) is 36.1 Å². The van der Waals surface area contributed by atoms with E-state index in [-0.39, 0.29) is 24.3 Å². The van der Waals surface area contributed by atoms with E-state index in [4.69, 9.17) is 9.47 Å². The number of amides is 3. The van der Waals surface area contributed by atoms with Gasteiger partial charge in [-0.3, -0.25) is 19.3 Å². The topological polar surface area (TPSA) is 103 Å². The number of aliphatic hydroxyl groups excluding tert-OH is 1. The number of anilines is 1. The van der Waals surface area contributed by atoms with Gasteiger partial charge in [0.15, 0.2) is 0 Å². The number of fused-ring (bicyclic) bond motifs is 1. The lowest BCUT2D eigenvalue weighted by Gasteiger charge is -2.38. The first kappa shape index (κ1) is 35.4. The van der Waals surface area contributed by atoms with E-state index in [1.165, 1.54) is 0 Å². The molecule has 1 spiro atoms. The van der Waals surface area contributed by atoms with Crippen molar-refractivity contribution in [1.29, 1.82) is 0 Å². The summed E-state index contributed by atoms with van der Waals surface area (Å²) in [5, 5.41) is 9.40. The van der Waals surface area contributed by atoms with Gasteiger partial charge in [-0.05, 0) is 70.2 Å². The van der Waals surface area contributed by atoms with Gasteiger partial charge in [-0.15, -0.1) is 24.9 Å². The minimum atomic E-state index is -0.697. The normalized spacial score (nSPS) is 28.3. The Balaban J connectivity index is 1.47. The average Bonchev–Trinajstić information content (AvgIpc) is 3.64. The van der Waals surface area contributed by atoms with Crippen LogP contribution in [0.4, 0.5) is 5.69 Å². The first-order valence-corrected chi connectivity index (χ1v) is 18.0. The summed E-state index contributed by atoms with van der Waals surface area (Å²) < 4.78 is 9.96. The molecule has 0 saturated carbocycles. The standard InChI is InChI=1S/C36H52N4O6S/c1-5-17-38(21-20-37-22-25-45-26-23-37)34(44)31-36-16-15-35(4,47-36)29(30(36)33(43)40(31)19-9-8-10-24-41)32(42)39(18-6-2)27-11-13-28(14-12-27)46-7-3/h5-6,11-14,29-31,41H,1-2,7-10,15-26H2,3-4H3/t29-,30-,31?,35+,36?/m0/s1. The Labute approximate surface area is 284 Å². The van der Waals surface area contributed by atoms with E-state index in [0.29, 0.717) is 65.3 Å². The van der Waals surface area contributed by atoms with Gasteiger partial charge in [-0.2, -0.15) is 0 Å². The molecule has 2 unspecified atom stereocenters. The Morgan fingerprint density at radius 1 is 1.06 bits per heavy atom. The number of aliphatic hydroxyl groups is 1. The van der Waals surface area contributed by atoms with Crippen molar-refractivity contribution in [3.63, 3.8) is 0 Å². The largest absolute Gasteiger partial charge is 0.494 e. The number of thioether (sulfide) groups is 1. The molecule has 1 N–H and O–H groups in total. The number of carbonyl (C=O) groups is 3. The molecule has 3 amide bonds. The molecule has 0 aliphatic carbocycles. The number of carbonyl (C=O) groups excluding carboxylic acids is 3. The summed E-state index contributed by atoms with van der Waals surface area (Å²) in [5.41, 5.74) is 0.725. The quantitative estimate of drug-likeness (QED) is 0.199. The highest BCUT2D eigenvalue weighted by molar-refractivity contribution is 8.02. The molecule has 4 saturated heterocycles. The third-order valence-electron chi connectivity index (χ3n) is 10.3. The number of hydrogen-bond acceptors (Lipinski definition) is 8. The number of benzene rings is 1. The van der Waals surface area contributed by atoms with Crippen LogP contribution < -0.4 is 9.64 Å². The Morgan fingerprint density at radius 2 is 1.79 bits per heavy atom. The van der Waals surface area contributed by atoms with Crippen molar-refractivity contribution in [3.8, 4) is 5.75 Å². The van der Waals surface area contributed by atoms with Crippen LogP contribution in [0, 0.1) is 11.8 Å². The Kier molecular flexibility index (Phi) is 11.7. The van der Waals surface area contributed by atoms with Gasteiger partial charge in [-0.1, -0.05) is 12.2 Å². The predicted octanol–water partition coefficient (Wildman–Crippen LogP) is 3.60. The molecule has 47 heavy (non-hydrogen) atoms. The summed E-state index contributed by atoms with van der Waals surface area (Å²) in [7, 11) is 0. The molecule has 1 aromatic carbocycles. The fourth-order valence-corrected chi connectivity index (χ4v) is 10.5. The molecule has 5 atom stereocenters. The summed E-state index contributed by atoms with van der Waals surface area (Å²) in [6.07, 6.45) is 7.00. The molecule has 258 valence electrons. The molecule has 4 fully saturated rings.